The zero-order valence-electron chi connectivity index (χ0n) is 15.8. The SMILES string of the molecule is Cc1cc(C(=O)O)ccc1-n1c(C)cc(/C=C(/C#N)c2ccc(Br)cc2)c1C. The Morgan fingerprint density at radius 2 is 1.71 bits per heavy atom. The number of aryl methyl sites for hydroxylation is 2. The van der Waals surface area contributed by atoms with Gasteiger partial charge in [-0.1, -0.05) is 28.1 Å². The number of aromatic carboxylic acids is 1. The van der Waals surface area contributed by atoms with E-state index in [1.807, 2.05) is 63.2 Å². The summed E-state index contributed by atoms with van der Waals surface area (Å²) in [4.78, 5) is 11.2. The number of hydrogen-bond donors (Lipinski definition) is 1. The molecule has 1 N–H and O–H groups in total. The number of carbonyl (C=O) groups is 1. The monoisotopic (exact) mass is 434 g/mol. The van der Waals surface area contributed by atoms with Crippen LogP contribution in [0.5, 0.6) is 0 Å². The van der Waals surface area contributed by atoms with Crippen LogP contribution in [0.25, 0.3) is 17.3 Å². The summed E-state index contributed by atoms with van der Waals surface area (Å²) >= 11 is 3.41. The molecule has 2 aromatic carbocycles. The molecule has 0 atom stereocenters. The topological polar surface area (TPSA) is 66.0 Å². The molecule has 0 bridgehead atoms. The second-order valence-corrected chi connectivity index (χ2v) is 7.56. The van der Waals surface area contributed by atoms with Gasteiger partial charge in [-0.05, 0) is 79.9 Å². The third-order valence-corrected chi connectivity index (χ3v) is 5.26. The Balaban J connectivity index is 2.08. The lowest BCUT2D eigenvalue weighted by Gasteiger charge is -2.13. The quantitative estimate of drug-likeness (QED) is 0.517. The van der Waals surface area contributed by atoms with Crippen molar-refractivity contribution in [3.63, 3.8) is 0 Å². The van der Waals surface area contributed by atoms with Crippen LogP contribution in [0.2, 0.25) is 0 Å². The summed E-state index contributed by atoms with van der Waals surface area (Å²) in [6.45, 7) is 5.90. The predicted molar refractivity (Wildman–Crippen MR) is 115 cm³/mol. The average Bonchev–Trinajstić information content (AvgIpc) is 2.94. The molecule has 0 spiro atoms. The lowest BCUT2D eigenvalue weighted by atomic mass is 10.0. The largest absolute Gasteiger partial charge is 0.478 e. The number of rotatable bonds is 4. The molecule has 28 heavy (non-hydrogen) atoms. The van der Waals surface area contributed by atoms with E-state index in [0.29, 0.717) is 5.57 Å². The summed E-state index contributed by atoms with van der Waals surface area (Å²) in [7, 11) is 0. The molecule has 1 aromatic heterocycles. The zero-order chi connectivity index (χ0) is 20.4. The van der Waals surface area contributed by atoms with Crippen molar-refractivity contribution in [2.75, 3.05) is 0 Å². The van der Waals surface area contributed by atoms with Crippen molar-refractivity contribution in [1.82, 2.24) is 4.57 Å². The van der Waals surface area contributed by atoms with Gasteiger partial charge in [0.2, 0.25) is 0 Å². The molecule has 3 rings (SSSR count). The Hall–Kier alpha value is -3.10. The fourth-order valence-electron chi connectivity index (χ4n) is 3.31. The molecule has 0 aliphatic heterocycles. The van der Waals surface area contributed by atoms with Gasteiger partial charge in [-0.15, -0.1) is 0 Å². The second-order valence-electron chi connectivity index (χ2n) is 6.65. The third kappa shape index (κ3) is 3.78. The van der Waals surface area contributed by atoms with Crippen molar-refractivity contribution in [1.29, 1.82) is 5.26 Å². The van der Waals surface area contributed by atoms with E-state index < -0.39 is 5.97 Å². The number of benzene rings is 2. The van der Waals surface area contributed by atoms with E-state index in [2.05, 4.69) is 26.6 Å². The molecule has 0 fully saturated rings. The van der Waals surface area contributed by atoms with Crippen molar-refractivity contribution < 1.29 is 9.90 Å². The summed E-state index contributed by atoms with van der Waals surface area (Å²) in [5.74, 6) is -0.938. The minimum absolute atomic E-state index is 0.269. The van der Waals surface area contributed by atoms with Gasteiger partial charge in [-0.25, -0.2) is 4.79 Å². The number of hydrogen-bond acceptors (Lipinski definition) is 2. The van der Waals surface area contributed by atoms with Gasteiger partial charge in [-0.3, -0.25) is 0 Å². The first-order valence-electron chi connectivity index (χ1n) is 8.73. The minimum atomic E-state index is -0.938. The fraction of sp³-hybridized carbons (Fsp3) is 0.130. The number of carboxylic acids is 1. The van der Waals surface area contributed by atoms with Crippen LogP contribution in [0.4, 0.5) is 0 Å². The van der Waals surface area contributed by atoms with Crippen LogP contribution in [0.15, 0.2) is 53.0 Å². The van der Waals surface area contributed by atoms with E-state index in [1.165, 1.54) is 0 Å². The maximum Gasteiger partial charge on any atom is 0.335 e. The number of carboxylic acid groups (broad SMARTS) is 1. The summed E-state index contributed by atoms with van der Waals surface area (Å²) in [5.41, 5.74) is 6.50. The normalized spacial score (nSPS) is 11.3. The summed E-state index contributed by atoms with van der Waals surface area (Å²) < 4.78 is 3.05. The Morgan fingerprint density at radius 3 is 2.29 bits per heavy atom. The molecule has 140 valence electrons. The van der Waals surface area contributed by atoms with E-state index in [4.69, 9.17) is 0 Å². The predicted octanol–water partition coefficient (Wildman–Crippen LogP) is 5.93. The summed E-state index contributed by atoms with van der Waals surface area (Å²) in [6, 6.07) is 17.1. The molecule has 0 unspecified atom stereocenters. The Labute approximate surface area is 172 Å². The molecule has 0 saturated carbocycles. The van der Waals surface area contributed by atoms with E-state index in [1.54, 1.807) is 12.1 Å². The minimum Gasteiger partial charge on any atom is -0.478 e. The second kappa shape index (κ2) is 7.87. The van der Waals surface area contributed by atoms with Crippen LogP contribution < -0.4 is 0 Å². The highest BCUT2D eigenvalue weighted by Crippen LogP contribution is 2.27. The molecule has 1 heterocycles. The lowest BCUT2D eigenvalue weighted by Crippen LogP contribution is -2.04. The van der Waals surface area contributed by atoms with Crippen LogP contribution in [0, 0.1) is 32.1 Å². The van der Waals surface area contributed by atoms with E-state index >= 15 is 0 Å². The fourth-order valence-corrected chi connectivity index (χ4v) is 3.57. The summed E-state index contributed by atoms with van der Waals surface area (Å²) in [6.07, 6.45) is 1.89. The first-order chi connectivity index (χ1) is 13.3. The highest BCUT2D eigenvalue weighted by atomic mass is 79.9. The van der Waals surface area contributed by atoms with Crippen molar-refractivity contribution in [3.8, 4) is 11.8 Å². The van der Waals surface area contributed by atoms with Gasteiger partial charge in [0.15, 0.2) is 0 Å². The first-order valence-corrected chi connectivity index (χ1v) is 9.52. The summed E-state index contributed by atoms with van der Waals surface area (Å²) in [5, 5.41) is 18.8. The molecule has 4 nitrogen and oxygen atoms in total. The Kier molecular flexibility index (Phi) is 5.53. The van der Waals surface area contributed by atoms with Gasteiger partial charge < -0.3 is 9.67 Å². The molecular formula is C23H19BrN2O2. The van der Waals surface area contributed by atoms with E-state index in [-0.39, 0.29) is 5.56 Å². The van der Waals surface area contributed by atoms with Gasteiger partial charge in [0.05, 0.1) is 17.2 Å². The van der Waals surface area contributed by atoms with Gasteiger partial charge in [0, 0.05) is 21.5 Å². The van der Waals surface area contributed by atoms with Crippen molar-refractivity contribution in [2.24, 2.45) is 0 Å². The molecule has 5 heteroatoms. The first kappa shape index (κ1) is 19.7. The van der Waals surface area contributed by atoms with E-state index in [0.717, 1.165) is 38.2 Å². The standard InChI is InChI=1S/C23H19BrN2O2/c1-14-10-18(23(27)28)6-9-22(14)26-15(2)11-19(16(26)3)12-20(13-25)17-4-7-21(24)8-5-17/h4-12H,1-3H3,(H,27,28)/b20-12-. The van der Waals surface area contributed by atoms with Gasteiger partial charge in [-0.2, -0.15) is 5.26 Å². The number of halogens is 1. The molecule has 0 aliphatic carbocycles. The molecule has 0 amide bonds. The maximum absolute atomic E-state index is 11.2. The van der Waals surface area contributed by atoms with Crippen LogP contribution in [-0.2, 0) is 0 Å². The molecule has 0 radical (unpaired) electrons. The molecule has 0 saturated heterocycles. The average molecular weight is 435 g/mol. The van der Waals surface area contributed by atoms with Crippen LogP contribution in [0.3, 0.4) is 0 Å². The van der Waals surface area contributed by atoms with E-state index in [9.17, 15) is 15.2 Å². The van der Waals surface area contributed by atoms with Crippen molar-refractivity contribution in [2.45, 2.75) is 20.8 Å². The number of nitrogens with zero attached hydrogens (tertiary/aromatic N) is 2. The molecule has 3 aromatic rings. The zero-order valence-corrected chi connectivity index (χ0v) is 17.4. The van der Waals surface area contributed by atoms with Gasteiger partial charge in [0.1, 0.15) is 0 Å². The van der Waals surface area contributed by atoms with Crippen LogP contribution >= 0.6 is 15.9 Å². The van der Waals surface area contributed by atoms with Crippen LogP contribution in [0.1, 0.15) is 38.4 Å². The smallest absolute Gasteiger partial charge is 0.335 e. The lowest BCUT2D eigenvalue weighted by molar-refractivity contribution is 0.0697. The van der Waals surface area contributed by atoms with Gasteiger partial charge in [0.25, 0.3) is 0 Å². The van der Waals surface area contributed by atoms with Crippen molar-refractivity contribution >= 4 is 33.5 Å². The highest BCUT2D eigenvalue weighted by molar-refractivity contribution is 9.10. The number of nitriles is 1. The number of aromatic nitrogens is 1. The molecular weight excluding hydrogens is 416 g/mol. The number of allylic oxidation sites excluding steroid dienone is 1. The maximum atomic E-state index is 11.2. The Morgan fingerprint density at radius 1 is 1.07 bits per heavy atom. The highest BCUT2D eigenvalue weighted by Gasteiger charge is 2.14. The van der Waals surface area contributed by atoms with Gasteiger partial charge >= 0.3 is 5.97 Å². The van der Waals surface area contributed by atoms with Crippen molar-refractivity contribution in [3.05, 3.63) is 86.6 Å². The molecule has 0 aliphatic rings. The third-order valence-electron chi connectivity index (χ3n) is 4.73. The van der Waals surface area contributed by atoms with Crippen LogP contribution in [-0.4, -0.2) is 15.6 Å². The Bertz CT molecular complexity index is 1130.